The number of rotatable bonds is 4. The summed E-state index contributed by atoms with van der Waals surface area (Å²) in [5, 5.41) is 14.9. The number of hydrogen-bond donors (Lipinski definition) is 3. The first kappa shape index (κ1) is 14.1. The highest BCUT2D eigenvalue weighted by atomic mass is 16.3. The van der Waals surface area contributed by atoms with Gasteiger partial charge >= 0.3 is 0 Å². The molecule has 0 unspecified atom stereocenters. The van der Waals surface area contributed by atoms with E-state index in [2.05, 4.69) is 10.6 Å². The Morgan fingerprint density at radius 2 is 1.85 bits per heavy atom. The quantitative estimate of drug-likeness (QED) is 0.800. The van der Waals surface area contributed by atoms with Crippen molar-refractivity contribution >= 4 is 17.3 Å². The van der Waals surface area contributed by atoms with Crippen LogP contribution in [0.2, 0.25) is 0 Å². The number of carbonyl (C=O) groups is 1. The number of nitrogens with one attached hydrogen (secondary N) is 2. The van der Waals surface area contributed by atoms with Gasteiger partial charge in [-0.3, -0.25) is 4.79 Å². The van der Waals surface area contributed by atoms with Gasteiger partial charge in [-0.05, 0) is 48.4 Å². The van der Waals surface area contributed by atoms with Crippen LogP contribution < -0.4 is 10.6 Å². The fraction of sp³-hybridized carbons (Fsp3) is 0.188. The summed E-state index contributed by atoms with van der Waals surface area (Å²) in [5.74, 6) is -0.146. The molecule has 0 spiro atoms. The van der Waals surface area contributed by atoms with Gasteiger partial charge in [0.05, 0.1) is 6.61 Å². The average Bonchev–Trinajstić information content (AvgIpc) is 2.48. The highest BCUT2D eigenvalue weighted by Crippen LogP contribution is 2.17. The molecular formula is C16H18N2O2. The maximum atomic E-state index is 12.1. The summed E-state index contributed by atoms with van der Waals surface area (Å²) in [6.07, 6.45) is 0. The Balaban J connectivity index is 2.12. The predicted molar refractivity (Wildman–Crippen MR) is 81.0 cm³/mol. The first-order valence-electron chi connectivity index (χ1n) is 6.43. The molecule has 2 aromatic carbocycles. The van der Waals surface area contributed by atoms with Crippen molar-refractivity contribution in [2.75, 3.05) is 17.7 Å². The van der Waals surface area contributed by atoms with Gasteiger partial charge in [0.15, 0.2) is 0 Å². The number of aliphatic hydroxyl groups is 1. The zero-order valence-electron chi connectivity index (χ0n) is 11.6. The lowest BCUT2D eigenvalue weighted by atomic mass is 10.1. The topological polar surface area (TPSA) is 61.4 Å². The van der Waals surface area contributed by atoms with Gasteiger partial charge in [-0.25, -0.2) is 0 Å². The Morgan fingerprint density at radius 3 is 2.40 bits per heavy atom. The van der Waals surface area contributed by atoms with Crippen molar-refractivity contribution in [1.82, 2.24) is 0 Å². The fourth-order valence-electron chi connectivity index (χ4n) is 1.98. The van der Waals surface area contributed by atoms with Gasteiger partial charge in [-0.15, -0.1) is 0 Å². The summed E-state index contributed by atoms with van der Waals surface area (Å²) in [4.78, 5) is 12.1. The molecule has 2 rings (SSSR count). The number of carbonyl (C=O) groups excluding carboxylic acids is 1. The molecule has 0 fully saturated rings. The minimum Gasteiger partial charge on any atom is -0.392 e. The van der Waals surface area contributed by atoms with E-state index in [4.69, 9.17) is 5.11 Å². The Labute approximate surface area is 118 Å². The number of hydrogen-bond acceptors (Lipinski definition) is 3. The minimum absolute atomic E-state index is 0.00109. The average molecular weight is 270 g/mol. The molecule has 0 saturated heterocycles. The van der Waals surface area contributed by atoms with Crippen LogP contribution in [-0.2, 0) is 6.61 Å². The SMILES string of the molecule is CNc1ccc(C(=O)Nc2ccc(CO)cc2)cc1C. The molecule has 0 radical (unpaired) electrons. The lowest BCUT2D eigenvalue weighted by Crippen LogP contribution is -2.12. The first-order valence-corrected chi connectivity index (χ1v) is 6.43. The molecule has 0 aliphatic heterocycles. The van der Waals surface area contributed by atoms with Crippen LogP contribution in [0.5, 0.6) is 0 Å². The van der Waals surface area contributed by atoms with E-state index in [1.165, 1.54) is 0 Å². The van der Waals surface area contributed by atoms with Crippen molar-refractivity contribution < 1.29 is 9.90 Å². The number of anilines is 2. The van der Waals surface area contributed by atoms with Crippen LogP contribution in [0.3, 0.4) is 0 Å². The van der Waals surface area contributed by atoms with Gasteiger partial charge in [0.2, 0.25) is 0 Å². The standard InChI is InChI=1S/C16H18N2O2/c1-11-9-13(5-8-15(11)17-2)16(20)18-14-6-3-12(10-19)4-7-14/h3-9,17,19H,10H2,1-2H3,(H,18,20). The van der Waals surface area contributed by atoms with Crippen molar-refractivity contribution in [3.63, 3.8) is 0 Å². The van der Waals surface area contributed by atoms with Crippen LogP contribution in [-0.4, -0.2) is 18.1 Å². The summed E-state index contributed by atoms with van der Waals surface area (Å²) < 4.78 is 0. The van der Waals surface area contributed by atoms with Crippen LogP contribution in [0.4, 0.5) is 11.4 Å². The largest absolute Gasteiger partial charge is 0.392 e. The second-order valence-corrected chi connectivity index (χ2v) is 4.59. The third-order valence-corrected chi connectivity index (χ3v) is 3.15. The molecule has 0 aromatic heterocycles. The van der Waals surface area contributed by atoms with Crippen LogP contribution in [0.25, 0.3) is 0 Å². The number of amides is 1. The van der Waals surface area contributed by atoms with Gasteiger partial charge in [-0.2, -0.15) is 0 Å². The van der Waals surface area contributed by atoms with Crippen molar-refractivity contribution in [2.45, 2.75) is 13.5 Å². The molecule has 1 amide bonds. The zero-order valence-corrected chi connectivity index (χ0v) is 11.6. The third kappa shape index (κ3) is 3.16. The lowest BCUT2D eigenvalue weighted by Gasteiger charge is -2.09. The van der Waals surface area contributed by atoms with Crippen molar-refractivity contribution in [3.05, 3.63) is 59.2 Å². The summed E-state index contributed by atoms with van der Waals surface area (Å²) in [6, 6.07) is 12.6. The Kier molecular flexibility index (Phi) is 4.38. The van der Waals surface area contributed by atoms with E-state index in [1.807, 2.05) is 26.1 Å². The molecule has 0 heterocycles. The smallest absolute Gasteiger partial charge is 0.255 e. The molecule has 0 saturated carbocycles. The molecule has 2 aromatic rings. The van der Waals surface area contributed by atoms with Crippen LogP contribution in [0.15, 0.2) is 42.5 Å². The van der Waals surface area contributed by atoms with Gasteiger partial charge < -0.3 is 15.7 Å². The normalized spacial score (nSPS) is 10.2. The molecular weight excluding hydrogens is 252 g/mol. The maximum absolute atomic E-state index is 12.1. The lowest BCUT2D eigenvalue weighted by molar-refractivity contribution is 0.102. The van der Waals surface area contributed by atoms with E-state index in [1.54, 1.807) is 30.3 Å². The van der Waals surface area contributed by atoms with E-state index in [0.29, 0.717) is 11.3 Å². The fourth-order valence-corrected chi connectivity index (χ4v) is 1.98. The second-order valence-electron chi connectivity index (χ2n) is 4.59. The van der Waals surface area contributed by atoms with Gasteiger partial charge in [-0.1, -0.05) is 12.1 Å². The van der Waals surface area contributed by atoms with E-state index < -0.39 is 0 Å². The Bertz CT molecular complexity index is 606. The highest BCUT2D eigenvalue weighted by Gasteiger charge is 2.07. The van der Waals surface area contributed by atoms with Crippen molar-refractivity contribution in [3.8, 4) is 0 Å². The first-order chi connectivity index (χ1) is 9.63. The second kappa shape index (κ2) is 6.21. The van der Waals surface area contributed by atoms with Crippen LogP contribution >= 0.6 is 0 Å². The van der Waals surface area contributed by atoms with Gasteiger partial charge in [0.1, 0.15) is 0 Å². The van der Waals surface area contributed by atoms with Crippen molar-refractivity contribution in [1.29, 1.82) is 0 Å². The maximum Gasteiger partial charge on any atom is 0.255 e. The summed E-state index contributed by atoms with van der Waals surface area (Å²) in [5.41, 5.74) is 4.18. The van der Waals surface area contributed by atoms with Crippen LogP contribution in [0, 0.1) is 6.92 Å². The Hall–Kier alpha value is -2.33. The van der Waals surface area contributed by atoms with Crippen LogP contribution in [0.1, 0.15) is 21.5 Å². The number of aryl methyl sites for hydroxylation is 1. The van der Waals surface area contributed by atoms with Gasteiger partial charge in [0, 0.05) is 24.0 Å². The third-order valence-electron chi connectivity index (χ3n) is 3.15. The van der Waals surface area contributed by atoms with E-state index in [9.17, 15) is 4.79 Å². The molecule has 4 heteroatoms. The molecule has 0 aliphatic rings. The number of aliphatic hydroxyl groups excluding tert-OH is 1. The Morgan fingerprint density at radius 1 is 1.15 bits per heavy atom. The van der Waals surface area contributed by atoms with Crippen molar-refractivity contribution in [2.24, 2.45) is 0 Å². The van der Waals surface area contributed by atoms with E-state index in [-0.39, 0.29) is 12.5 Å². The molecule has 0 aliphatic carbocycles. The molecule has 3 N–H and O–H groups in total. The van der Waals surface area contributed by atoms with Gasteiger partial charge in [0.25, 0.3) is 5.91 Å². The van der Waals surface area contributed by atoms with E-state index in [0.717, 1.165) is 16.8 Å². The van der Waals surface area contributed by atoms with E-state index >= 15 is 0 Å². The molecule has 4 nitrogen and oxygen atoms in total. The highest BCUT2D eigenvalue weighted by molar-refractivity contribution is 6.04. The summed E-state index contributed by atoms with van der Waals surface area (Å²) in [7, 11) is 1.85. The predicted octanol–water partition coefficient (Wildman–Crippen LogP) is 2.78. The number of benzene rings is 2. The zero-order chi connectivity index (χ0) is 14.5. The summed E-state index contributed by atoms with van der Waals surface area (Å²) >= 11 is 0. The molecule has 104 valence electrons. The molecule has 20 heavy (non-hydrogen) atoms. The monoisotopic (exact) mass is 270 g/mol. The molecule has 0 atom stereocenters. The minimum atomic E-state index is -0.146. The molecule has 0 bridgehead atoms. The summed E-state index contributed by atoms with van der Waals surface area (Å²) in [6.45, 7) is 1.96.